The highest BCUT2D eigenvalue weighted by atomic mass is 16.5. The van der Waals surface area contributed by atoms with E-state index in [0.717, 1.165) is 16.3 Å². The van der Waals surface area contributed by atoms with E-state index in [4.69, 9.17) is 9.26 Å². The fourth-order valence-corrected chi connectivity index (χ4v) is 3.22. The lowest BCUT2D eigenvalue weighted by atomic mass is 10.0. The van der Waals surface area contributed by atoms with Crippen molar-refractivity contribution in [2.45, 2.75) is 32.5 Å². The van der Waals surface area contributed by atoms with Crippen LogP contribution in [0.4, 0.5) is 0 Å². The predicted molar refractivity (Wildman–Crippen MR) is 118 cm³/mol. The number of benzene rings is 2. The van der Waals surface area contributed by atoms with E-state index < -0.39 is 23.9 Å². The van der Waals surface area contributed by atoms with Gasteiger partial charge in [0.2, 0.25) is 11.8 Å². The molecule has 0 spiro atoms. The Labute approximate surface area is 185 Å². The molecule has 0 saturated heterocycles. The topological polar surface area (TPSA) is 123 Å². The molecule has 1 aromatic heterocycles. The summed E-state index contributed by atoms with van der Waals surface area (Å²) in [7, 11) is 1.41. The second-order valence-electron chi connectivity index (χ2n) is 7.39. The zero-order valence-corrected chi connectivity index (χ0v) is 18.2. The third-order valence-corrected chi connectivity index (χ3v) is 4.90. The van der Waals surface area contributed by atoms with Crippen molar-refractivity contribution < 1.29 is 23.6 Å². The Bertz CT molecular complexity index is 1110. The van der Waals surface area contributed by atoms with Gasteiger partial charge in [-0.05, 0) is 30.2 Å². The highest BCUT2D eigenvalue weighted by molar-refractivity contribution is 5.97. The first kappa shape index (κ1) is 23.0. The molecule has 9 heteroatoms. The molecule has 3 amide bonds. The van der Waals surface area contributed by atoms with Gasteiger partial charge in [0.15, 0.2) is 5.69 Å². The second kappa shape index (κ2) is 10.5. The van der Waals surface area contributed by atoms with Crippen LogP contribution in [-0.4, -0.2) is 48.7 Å². The molecule has 3 aromatic rings. The third-order valence-electron chi connectivity index (χ3n) is 4.90. The van der Waals surface area contributed by atoms with Crippen LogP contribution in [0.15, 0.2) is 53.1 Å². The van der Waals surface area contributed by atoms with Crippen LogP contribution < -0.4 is 16.0 Å². The summed E-state index contributed by atoms with van der Waals surface area (Å²) in [6.07, 6.45) is 0. The first-order valence-corrected chi connectivity index (χ1v) is 10.2. The van der Waals surface area contributed by atoms with Crippen molar-refractivity contribution in [2.24, 2.45) is 0 Å². The lowest BCUT2D eigenvalue weighted by Crippen LogP contribution is -2.54. The molecule has 0 radical (unpaired) electrons. The van der Waals surface area contributed by atoms with Gasteiger partial charge < -0.3 is 25.2 Å². The number of carbonyl (C=O) groups is 3. The van der Waals surface area contributed by atoms with Crippen LogP contribution in [0.25, 0.3) is 10.8 Å². The monoisotopic (exact) mass is 438 g/mol. The minimum Gasteiger partial charge on any atom is -0.382 e. The van der Waals surface area contributed by atoms with Crippen LogP contribution in [0.2, 0.25) is 0 Å². The Morgan fingerprint density at radius 3 is 2.53 bits per heavy atom. The van der Waals surface area contributed by atoms with Gasteiger partial charge in [0.05, 0.1) is 6.61 Å². The summed E-state index contributed by atoms with van der Waals surface area (Å²) in [5, 5.41) is 13.8. The van der Waals surface area contributed by atoms with Crippen LogP contribution in [0.3, 0.4) is 0 Å². The first-order valence-electron chi connectivity index (χ1n) is 10.2. The van der Waals surface area contributed by atoms with E-state index in [1.165, 1.54) is 13.2 Å². The van der Waals surface area contributed by atoms with Crippen LogP contribution in [-0.2, 0) is 20.9 Å². The number of rotatable bonds is 9. The Balaban J connectivity index is 1.57. The molecule has 168 valence electrons. The Morgan fingerprint density at radius 1 is 1.06 bits per heavy atom. The summed E-state index contributed by atoms with van der Waals surface area (Å²) in [5.41, 5.74) is 1.03. The van der Waals surface area contributed by atoms with E-state index in [1.807, 2.05) is 42.5 Å². The minimum absolute atomic E-state index is 0.0530. The van der Waals surface area contributed by atoms with Crippen molar-refractivity contribution in [1.29, 1.82) is 0 Å². The van der Waals surface area contributed by atoms with Gasteiger partial charge in [-0.2, -0.15) is 0 Å². The van der Waals surface area contributed by atoms with Crippen LogP contribution in [0.5, 0.6) is 0 Å². The van der Waals surface area contributed by atoms with E-state index in [0.29, 0.717) is 12.3 Å². The molecule has 32 heavy (non-hydrogen) atoms. The average Bonchev–Trinajstić information content (AvgIpc) is 3.23. The standard InChI is InChI=1S/C23H26N4O5/c1-14-11-19(27-32-14)22(29)26-20(13-31-3)23(30)25-15(2)21(28)24-12-17-9-6-8-16-7-4-5-10-18(16)17/h4-11,15,20H,12-13H2,1-3H3,(H,24,28)(H,25,30)(H,26,29)/t15-,20-/m0/s1. The maximum atomic E-state index is 12.6. The summed E-state index contributed by atoms with van der Waals surface area (Å²) >= 11 is 0. The first-order chi connectivity index (χ1) is 15.4. The molecule has 0 aliphatic rings. The SMILES string of the molecule is COC[C@H](NC(=O)c1cc(C)on1)C(=O)N[C@@H](C)C(=O)NCc1cccc2ccccc12. The Morgan fingerprint density at radius 2 is 1.81 bits per heavy atom. The number of methoxy groups -OCH3 is 1. The summed E-state index contributed by atoms with van der Waals surface area (Å²) in [6, 6.07) is 13.4. The van der Waals surface area contributed by atoms with Crippen molar-refractivity contribution in [3.63, 3.8) is 0 Å². The molecule has 2 atom stereocenters. The molecule has 3 N–H and O–H groups in total. The number of ether oxygens (including phenoxy) is 1. The fourth-order valence-electron chi connectivity index (χ4n) is 3.22. The predicted octanol–water partition coefficient (Wildman–Crippen LogP) is 1.70. The number of carbonyl (C=O) groups excluding carboxylic acids is 3. The minimum atomic E-state index is -1.00. The van der Waals surface area contributed by atoms with Crippen molar-refractivity contribution in [3.05, 3.63) is 65.5 Å². The van der Waals surface area contributed by atoms with E-state index in [9.17, 15) is 14.4 Å². The van der Waals surface area contributed by atoms with Crippen LogP contribution in [0.1, 0.15) is 28.7 Å². The maximum Gasteiger partial charge on any atom is 0.274 e. The third kappa shape index (κ3) is 5.70. The molecule has 1 heterocycles. The quantitative estimate of drug-likeness (QED) is 0.467. The lowest BCUT2D eigenvalue weighted by molar-refractivity contribution is -0.130. The van der Waals surface area contributed by atoms with Gasteiger partial charge in [-0.3, -0.25) is 14.4 Å². The Hall–Kier alpha value is -3.72. The number of hydrogen-bond donors (Lipinski definition) is 3. The van der Waals surface area contributed by atoms with Crippen LogP contribution >= 0.6 is 0 Å². The van der Waals surface area contributed by atoms with Crippen LogP contribution in [0, 0.1) is 6.92 Å². The zero-order valence-electron chi connectivity index (χ0n) is 18.2. The van der Waals surface area contributed by atoms with Gasteiger partial charge in [0, 0.05) is 19.7 Å². The van der Waals surface area contributed by atoms with Gasteiger partial charge in [0.25, 0.3) is 5.91 Å². The van der Waals surface area contributed by atoms with Gasteiger partial charge in [0.1, 0.15) is 17.8 Å². The molecule has 0 aliphatic heterocycles. The highest BCUT2D eigenvalue weighted by Crippen LogP contribution is 2.18. The van der Waals surface area contributed by atoms with Gasteiger partial charge in [-0.25, -0.2) is 0 Å². The van der Waals surface area contributed by atoms with Crippen molar-refractivity contribution >= 4 is 28.5 Å². The fraction of sp³-hybridized carbons (Fsp3) is 0.304. The summed E-state index contributed by atoms with van der Waals surface area (Å²) in [4.78, 5) is 37.5. The number of hydrogen-bond acceptors (Lipinski definition) is 6. The Kier molecular flexibility index (Phi) is 7.56. The second-order valence-corrected chi connectivity index (χ2v) is 7.39. The molecule has 2 aromatic carbocycles. The lowest BCUT2D eigenvalue weighted by Gasteiger charge is -2.20. The molecule has 3 rings (SSSR count). The summed E-state index contributed by atoms with van der Waals surface area (Å²) in [5.74, 6) is -0.999. The summed E-state index contributed by atoms with van der Waals surface area (Å²) < 4.78 is 9.91. The van der Waals surface area contributed by atoms with Gasteiger partial charge in [-0.1, -0.05) is 47.6 Å². The number of nitrogens with zero attached hydrogens (tertiary/aromatic N) is 1. The molecule has 0 saturated carbocycles. The van der Waals surface area contributed by atoms with Crippen molar-refractivity contribution in [1.82, 2.24) is 21.1 Å². The van der Waals surface area contributed by atoms with Gasteiger partial charge >= 0.3 is 0 Å². The van der Waals surface area contributed by atoms with Crippen molar-refractivity contribution in [3.8, 4) is 0 Å². The number of aromatic nitrogens is 1. The van der Waals surface area contributed by atoms with Gasteiger partial charge in [-0.15, -0.1) is 0 Å². The number of fused-ring (bicyclic) bond motifs is 1. The molecule has 0 unspecified atom stereocenters. The van der Waals surface area contributed by atoms with Crippen molar-refractivity contribution in [2.75, 3.05) is 13.7 Å². The normalized spacial score (nSPS) is 12.7. The summed E-state index contributed by atoms with van der Waals surface area (Å²) in [6.45, 7) is 3.48. The number of aryl methyl sites for hydroxylation is 1. The van der Waals surface area contributed by atoms with E-state index >= 15 is 0 Å². The molecule has 0 bridgehead atoms. The molecule has 0 fully saturated rings. The van der Waals surface area contributed by atoms with E-state index in [1.54, 1.807) is 13.8 Å². The van der Waals surface area contributed by atoms with E-state index in [-0.39, 0.29) is 18.2 Å². The molecular weight excluding hydrogens is 412 g/mol. The van der Waals surface area contributed by atoms with E-state index in [2.05, 4.69) is 21.1 Å². The number of nitrogens with one attached hydrogen (secondary N) is 3. The molecule has 9 nitrogen and oxygen atoms in total. The largest absolute Gasteiger partial charge is 0.382 e. The zero-order chi connectivity index (χ0) is 23.1. The molecular formula is C23H26N4O5. The smallest absolute Gasteiger partial charge is 0.274 e. The maximum absolute atomic E-state index is 12.6. The average molecular weight is 438 g/mol. The number of amides is 3. The highest BCUT2D eigenvalue weighted by Gasteiger charge is 2.26. The molecule has 0 aliphatic carbocycles.